The Labute approximate surface area is 91.3 Å². The van der Waals surface area contributed by atoms with Crippen LogP contribution in [0.2, 0.25) is 0 Å². The van der Waals surface area contributed by atoms with Crippen molar-refractivity contribution in [2.45, 2.75) is 10.9 Å². The van der Waals surface area contributed by atoms with Crippen molar-refractivity contribution in [1.82, 2.24) is 9.55 Å². The van der Waals surface area contributed by atoms with Crippen molar-refractivity contribution in [3.8, 4) is 0 Å². The maximum Gasteiger partial charge on any atom is 0.185 e. The molecular formula is C10H10N2O2S. The molecule has 0 atom stereocenters. The highest BCUT2D eigenvalue weighted by atomic mass is 32.2. The lowest BCUT2D eigenvalue weighted by Gasteiger charge is -1.98. The Morgan fingerprint density at radius 3 is 3.07 bits per heavy atom. The fourth-order valence-electron chi connectivity index (χ4n) is 1.16. The second kappa shape index (κ2) is 4.35. The van der Waals surface area contributed by atoms with E-state index in [1.165, 1.54) is 0 Å². The molecule has 0 aliphatic carbocycles. The first-order chi connectivity index (χ1) is 7.29. The van der Waals surface area contributed by atoms with Gasteiger partial charge in [0.1, 0.15) is 5.76 Å². The van der Waals surface area contributed by atoms with Crippen molar-refractivity contribution >= 4 is 18.0 Å². The van der Waals surface area contributed by atoms with Crippen molar-refractivity contribution in [1.29, 1.82) is 0 Å². The van der Waals surface area contributed by atoms with Crippen LogP contribution in [0, 0.1) is 0 Å². The molecule has 0 saturated carbocycles. The van der Waals surface area contributed by atoms with Gasteiger partial charge in [0.15, 0.2) is 17.2 Å². The van der Waals surface area contributed by atoms with Gasteiger partial charge in [-0.25, -0.2) is 4.98 Å². The molecule has 2 aromatic heterocycles. The minimum atomic E-state index is 0.366. The highest BCUT2D eigenvalue weighted by Gasteiger charge is 2.04. The van der Waals surface area contributed by atoms with E-state index in [0.29, 0.717) is 17.8 Å². The lowest BCUT2D eigenvalue weighted by Crippen LogP contribution is -1.88. The number of hydrogen-bond donors (Lipinski definition) is 0. The first-order valence-electron chi connectivity index (χ1n) is 4.43. The van der Waals surface area contributed by atoms with Gasteiger partial charge in [0.2, 0.25) is 0 Å². The Morgan fingerprint density at radius 2 is 2.47 bits per heavy atom. The van der Waals surface area contributed by atoms with E-state index in [9.17, 15) is 4.79 Å². The van der Waals surface area contributed by atoms with Gasteiger partial charge in [0.05, 0.1) is 5.75 Å². The zero-order chi connectivity index (χ0) is 10.7. The van der Waals surface area contributed by atoms with Crippen LogP contribution in [0.3, 0.4) is 0 Å². The summed E-state index contributed by atoms with van der Waals surface area (Å²) in [4.78, 5) is 14.6. The fourth-order valence-corrected chi connectivity index (χ4v) is 1.99. The van der Waals surface area contributed by atoms with Gasteiger partial charge in [-0.2, -0.15) is 0 Å². The van der Waals surface area contributed by atoms with E-state index >= 15 is 0 Å². The van der Waals surface area contributed by atoms with Crippen LogP contribution in [-0.2, 0) is 12.8 Å². The zero-order valence-corrected chi connectivity index (χ0v) is 9.03. The summed E-state index contributed by atoms with van der Waals surface area (Å²) >= 11 is 1.57. The standard InChI is InChI=1S/C10H10N2O2S/c1-12-5-4-11-10(12)15-7-9-3-2-8(6-13)14-9/h2-6H,7H2,1H3. The van der Waals surface area contributed by atoms with Crippen molar-refractivity contribution in [2.24, 2.45) is 7.05 Å². The monoisotopic (exact) mass is 222 g/mol. The SMILES string of the molecule is Cn1ccnc1SCc1ccc(C=O)o1. The van der Waals surface area contributed by atoms with Crippen LogP contribution < -0.4 is 0 Å². The fraction of sp³-hybridized carbons (Fsp3) is 0.200. The minimum absolute atomic E-state index is 0.366. The van der Waals surface area contributed by atoms with E-state index in [0.717, 1.165) is 10.9 Å². The van der Waals surface area contributed by atoms with Crippen molar-refractivity contribution in [2.75, 3.05) is 0 Å². The molecule has 0 aliphatic heterocycles. The smallest absolute Gasteiger partial charge is 0.185 e. The quantitative estimate of drug-likeness (QED) is 0.587. The molecule has 0 bridgehead atoms. The summed E-state index contributed by atoms with van der Waals surface area (Å²) in [5.41, 5.74) is 0. The molecule has 0 radical (unpaired) electrons. The number of furan rings is 1. The molecule has 2 rings (SSSR count). The summed E-state index contributed by atoms with van der Waals surface area (Å²) in [6.45, 7) is 0. The predicted octanol–water partition coefficient (Wildman–Crippen LogP) is 2.12. The van der Waals surface area contributed by atoms with Gasteiger partial charge in [-0.15, -0.1) is 0 Å². The first-order valence-corrected chi connectivity index (χ1v) is 5.42. The Kier molecular flexibility index (Phi) is 2.91. The van der Waals surface area contributed by atoms with Gasteiger partial charge < -0.3 is 8.98 Å². The Balaban J connectivity index is 1.99. The molecule has 2 heterocycles. The number of rotatable bonds is 4. The molecule has 0 aliphatic rings. The number of aryl methyl sites for hydroxylation is 1. The molecule has 4 nitrogen and oxygen atoms in total. The van der Waals surface area contributed by atoms with Crippen LogP contribution >= 0.6 is 11.8 Å². The third-order valence-electron chi connectivity index (χ3n) is 1.92. The highest BCUT2D eigenvalue weighted by molar-refractivity contribution is 7.98. The second-order valence-corrected chi connectivity index (χ2v) is 3.97. The molecule has 0 fully saturated rings. The Bertz CT molecular complexity index is 461. The van der Waals surface area contributed by atoms with Crippen LogP contribution in [0.25, 0.3) is 0 Å². The van der Waals surface area contributed by atoms with E-state index in [1.807, 2.05) is 17.8 Å². The second-order valence-electron chi connectivity index (χ2n) is 3.03. The van der Waals surface area contributed by atoms with Crippen LogP contribution in [0.4, 0.5) is 0 Å². The predicted molar refractivity (Wildman–Crippen MR) is 56.9 cm³/mol. The van der Waals surface area contributed by atoms with Crippen molar-refractivity contribution in [3.63, 3.8) is 0 Å². The number of aromatic nitrogens is 2. The number of carbonyl (C=O) groups is 1. The number of carbonyl (C=O) groups excluding carboxylic acids is 1. The number of imidazole rings is 1. The van der Waals surface area contributed by atoms with Crippen LogP contribution in [0.15, 0.2) is 34.1 Å². The minimum Gasteiger partial charge on any atom is -0.457 e. The van der Waals surface area contributed by atoms with Crippen LogP contribution in [-0.4, -0.2) is 15.8 Å². The molecule has 78 valence electrons. The van der Waals surface area contributed by atoms with Gasteiger partial charge in [0.25, 0.3) is 0 Å². The number of hydrogen-bond acceptors (Lipinski definition) is 4. The normalized spacial score (nSPS) is 10.5. The average molecular weight is 222 g/mol. The molecule has 0 saturated heterocycles. The summed E-state index contributed by atoms with van der Waals surface area (Å²) in [7, 11) is 1.94. The third kappa shape index (κ3) is 2.30. The highest BCUT2D eigenvalue weighted by Crippen LogP contribution is 2.21. The molecule has 0 unspecified atom stereocenters. The summed E-state index contributed by atoms with van der Waals surface area (Å²) in [6.07, 6.45) is 4.34. The molecular weight excluding hydrogens is 212 g/mol. The number of thioether (sulfide) groups is 1. The summed E-state index contributed by atoms with van der Waals surface area (Å²) < 4.78 is 7.18. The topological polar surface area (TPSA) is 48.0 Å². The zero-order valence-electron chi connectivity index (χ0n) is 8.21. The molecule has 0 amide bonds. The molecule has 0 aromatic carbocycles. The Hall–Kier alpha value is -1.49. The number of nitrogens with zero attached hydrogens (tertiary/aromatic N) is 2. The van der Waals surface area contributed by atoms with Gasteiger partial charge in [0, 0.05) is 19.4 Å². The lowest BCUT2D eigenvalue weighted by atomic mass is 10.4. The maximum absolute atomic E-state index is 10.4. The maximum atomic E-state index is 10.4. The molecule has 0 N–H and O–H groups in total. The molecule has 0 spiro atoms. The van der Waals surface area contributed by atoms with E-state index in [2.05, 4.69) is 4.98 Å². The lowest BCUT2D eigenvalue weighted by molar-refractivity contribution is 0.109. The molecule has 5 heteroatoms. The number of aldehydes is 1. The largest absolute Gasteiger partial charge is 0.457 e. The van der Waals surface area contributed by atoms with Gasteiger partial charge in [-0.3, -0.25) is 4.79 Å². The van der Waals surface area contributed by atoms with Crippen LogP contribution in [0.1, 0.15) is 16.3 Å². The third-order valence-corrected chi connectivity index (χ3v) is 3.00. The van der Waals surface area contributed by atoms with E-state index in [4.69, 9.17) is 4.42 Å². The van der Waals surface area contributed by atoms with Gasteiger partial charge in [-0.05, 0) is 12.1 Å². The van der Waals surface area contributed by atoms with Gasteiger partial charge in [-0.1, -0.05) is 11.8 Å². The molecule has 15 heavy (non-hydrogen) atoms. The van der Waals surface area contributed by atoms with E-state index in [1.54, 1.807) is 30.1 Å². The first kappa shape index (κ1) is 10.0. The van der Waals surface area contributed by atoms with Crippen LogP contribution in [0.5, 0.6) is 0 Å². The van der Waals surface area contributed by atoms with Gasteiger partial charge >= 0.3 is 0 Å². The average Bonchev–Trinajstić information content (AvgIpc) is 2.84. The molecule has 2 aromatic rings. The van der Waals surface area contributed by atoms with E-state index < -0.39 is 0 Å². The Morgan fingerprint density at radius 1 is 1.60 bits per heavy atom. The summed E-state index contributed by atoms with van der Waals surface area (Å²) in [5.74, 6) is 1.83. The summed E-state index contributed by atoms with van der Waals surface area (Å²) in [5, 5.41) is 0.930. The van der Waals surface area contributed by atoms with Crippen molar-refractivity contribution in [3.05, 3.63) is 36.0 Å². The van der Waals surface area contributed by atoms with Crippen molar-refractivity contribution < 1.29 is 9.21 Å². The van der Waals surface area contributed by atoms with E-state index in [-0.39, 0.29) is 0 Å². The summed E-state index contributed by atoms with van der Waals surface area (Å²) in [6, 6.07) is 3.47.